The summed E-state index contributed by atoms with van der Waals surface area (Å²) in [4.78, 5) is 17.2. The summed E-state index contributed by atoms with van der Waals surface area (Å²) < 4.78 is 7.67. The monoisotopic (exact) mass is 420 g/mol. The summed E-state index contributed by atoms with van der Waals surface area (Å²) in [6.07, 6.45) is -0.737. The Labute approximate surface area is 179 Å². The maximum absolute atomic E-state index is 12.5. The van der Waals surface area contributed by atoms with E-state index in [1.54, 1.807) is 35.9 Å². The number of para-hydroxylation sites is 1. The van der Waals surface area contributed by atoms with E-state index in [0.29, 0.717) is 22.2 Å². The van der Waals surface area contributed by atoms with E-state index in [-0.39, 0.29) is 5.91 Å². The van der Waals surface area contributed by atoms with Crippen molar-refractivity contribution in [3.8, 4) is 11.6 Å². The summed E-state index contributed by atoms with van der Waals surface area (Å²) in [6.45, 7) is 5.63. The molecule has 0 aliphatic rings. The Hall–Kier alpha value is -3.38. The molecule has 30 heavy (non-hydrogen) atoms. The molecule has 0 aliphatic heterocycles. The highest BCUT2D eigenvalue weighted by Crippen LogP contribution is 2.27. The Morgan fingerprint density at radius 1 is 1.10 bits per heavy atom. The molecule has 0 bridgehead atoms. The molecule has 0 saturated heterocycles. The van der Waals surface area contributed by atoms with Gasteiger partial charge in [0, 0.05) is 22.2 Å². The van der Waals surface area contributed by atoms with Gasteiger partial charge < -0.3 is 10.1 Å². The number of amides is 1. The molecule has 2 aromatic carbocycles. The topological polar surface area (TPSA) is 69.0 Å². The number of pyridine rings is 1. The van der Waals surface area contributed by atoms with Gasteiger partial charge in [0.15, 0.2) is 11.8 Å². The lowest BCUT2D eigenvalue weighted by atomic mass is 10.1. The van der Waals surface area contributed by atoms with Gasteiger partial charge in [-0.05, 0) is 62.7 Å². The van der Waals surface area contributed by atoms with Gasteiger partial charge in [-0.2, -0.15) is 10.1 Å². The van der Waals surface area contributed by atoms with Crippen LogP contribution in [0.3, 0.4) is 0 Å². The summed E-state index contributed by atoms with van der Waals surface area (Å²) in [5.41, 5.74) is 4.13. The second-order valence-corrected chi connectivity index (χ2v) is 7.50. The minimum Gasteiger partial charge on any atom is -0.464 e. The number of hydrogen-bond donors (Lipinski definition) is 1. The minimum atomic E-state index is -0.737. The highest BCUT2D eigenvalue weighted by molar-refractivity contribution is 6.30. The number of hydrogen-bond acceptors (Lipinski definition) is 4. The normalized spacial score (nSPS) is 12.0. The average Bonchev–Trinajstić information content (AvgIpc) is 3.07. The van der Waals surface area contributed by atoms with Crippen molar-refractivity contribution < 1.29 is 9.53 Å². The highest BCUT2D eigenvalue weighted by atomic mass is 35.5. The third-order valence-corrected chi connectivity index (χ3v) is 5.02. The third-order valence-electron chi connectivity index (χ3n) is 4.77. The molecule has 1 unspecified atom stereocenters. The van der Waals surface area contributed by atoms with E-state index in [4.69, 9.17) is 16.3 Å². The SMILES string of the molecule is Cc1cc(OC(C)C(=O)Nc2ccc(Cl)cc2)nc2c1c(C)nn2-c1ccccc1. The molecule has 0 fully saturated rings. The van der Waals surface area contributed by atoms with E-state index >= 15 is 0 Å². The van der Waals surface area contributed by atoms with E-state index in [0.717, 1.165) is 22.3 Å². The van der Waals surface area contributed by atoms with Gasteiger partial charge in [-0.1, -0.05) is 29.8 Å². The number of anilines is 1. The first-order chi connectivity index (χ1) is 14.4. The smallest absolute Gasteiger partial charge is 0.265 e. The van der Waals surface area contributed by atoms with Crippen molar-refractivity contribution in [2.75, 3.05) is 5.32 Å². The van der Waals surface area contributed by atoms with Crippen molar-refractivity contribution in [2.45, 2.75) is 26.9 Å². The van der Waals surface area contributed by atoms with Gasteiger partial charge >= 0.3 is 0 Å². The number of aryl methyl sites for hydroxylation is 2. The van der Waals surface area contributed by atoms with Crippen LogP contribution in [-0.2, 0) is 4.79 Å². The van der Waals surface area contributed by atoms with Crippen LogP contribution in [0.5, 0.6) is 5.88 Å². The number of benzene rings is 2. The van der Waals surface area contributed by atoms with Crippen LogP contribution in [0, 0.1) is 13.8 Å². The number of fused-ring (bicyclic) bond motifs is 1. The molecule has 1 amide bonds. The van der Waals surface area contributed by atoms with Crippen molar-refractivity contribution in [1.29, 1.82) is 0 Å². The van der Waals surface area contributed by atoms with Crippen LogP contribution >= 0.6 is 11.6 Å². The van der Waals surface area contributed by atoms with Crippen LogP contribution in [0.4, 0.5) is 5.69 Å². The summed E-state index contributed by atoms with van der Waals surface area (Å²) in [7, 11) is 0. The zero-order chi connectivity index (χ0) is 21.3. The number of nitrogens with one attached hydrogen (secondary N) is 1. The molecule has 4 rings (SSSR count). The third kappa shape index (κ3) is 4.00. The predicted molar refractivity (Wildman–Crippen MR) is 119 cm³/mol. The molecule has 1 N–H and O–H groups in total. The van der Waals surface area contributed by atoms with Crippen LogP contribution in [0.15, 0.2) is 60.7 Å². The van der Waals surface area contributed by atoms with Crippen LogP contribution in [0.2, 0.25) is 5.02 Å². The summed E-state index contributed by atoms with van der Waals surface area (Å²) >= 11 is 5.89. The predicted octanol–water partition coefficient (Wildman–Crippen LogP) is 5.10. The standard InChI is InChI=1S/C23H21ClN4O2/c1-14-13-20(30-16(3)23(29)25-18-11-9-17(24)10-12-18)26-22-21(14)15(2)27-28(22)19-7-5-4-6-8-19/h4-13,16H,1-3H3,(H,25,29). The summed E-state index contributed by atoms with van der Waals surface area (Å²) in [6, 6.07) is 18.5. The number of ether oxygens (including phenoxy) is 1. The highest BCUT2D eigenvalue weighted by Gasteiger charge is 2.19. The first-order valence-corrected chi connectivity index (χ1v) is 9.95. The molecule has 1 atom stereocenters. The molecule has 6 nitrogen and oxygen atoms in total. The Morgan fingerprint density at radius 3 is 2.50 bits per heavy atom. The van der Waals surface area contributed by atoms with Gasteiger partial charge in [0.05, 0.1) is 11.4 Å². The van der Waals surface area contributed by atoms with E-state index in [1.165, 1.54) is 0 Å². The number of halogens is 1. The molecule has 152 valence electrons. The zero-order valence-electron chi connectivity index (χ0n) is 16.9. The lowest BCUT2D eigenvalue weighted by Gasteiger charge is -2.15. The minimum absolute atomic E-state index is 0.273. The first kappa shape index (κ1) is 19.9. The molecule has 2 heterocycles. The summed E-state index contributed by atoms with van der Waals surface area (Å²) in [5.74, 6) is 0.0976. The second-order valence-electron chi connectivity index (χ2n) is 7.06. The van der Waals surface area contributed by atoms with Gasteiger partial charge in [0.25, 0.3) is 5.91 Å². The fourth-order valence-corrected chi connectivity index (χ4v) is 3.42. The lowest BCUT2D eigenvalue weighted by Crippen LogP contribution is -2.30. The average molecular weight is 421 g/mol. The molecule has 7 heteroatoms. The second kappa shape index (κ2) is 8.16. The fourth-order valence-electron chi connectivity index (χ4n) is 3.30. The fraction of sp³-hybridized carbons (Fsp3) is 0.174. The molecular formula is C23H21ClN4O2. The molecule has 0 radical (unpaired) electrons. The van der Waals surface area contributed by atoms with Crippen molar-refractivity contribution in [2.24, 2.45) is 0 Å². The number of aromatic nitrogens is 3. The van der Waals surface area contributed by atoms with Crippen LogP contribution < -0.4 is 10.1 Å². The first-order valence-electron chi connectivity index (χ1n) is 9.58. The summed E-state index contributed by atoms with van der Waals surface area (Å²) in [5, 5.41) is 9.05. The maximum Gasteiger partial charge on any atom is 0.265 e. The maximum atomic E-state index is 12.5. The van der Waals surface area contributed by atoms with Crippen molar-refractivity contribution in [3.63, 3.8) is 0 Å². The van der Waals surface area contributed by atoms with Gasteiger partial charge in [0.1, 0.15) is 0 Å². The Morgan fingerprint density at radius 2 is 1.80 bits per heavy atom. The number of carbonyl (C=O) groups is 1. The van der Waals surface area contributed by atoms with Gasteiger partial charge in [-0.15, -0.1) is 0 Å². The van der Waals surface area contributed by atoms with Gasteiger partial charge in [0.2, 0.25) is 5.88 Å². The quantitative estimate of drug-likeness (QED) is 0.487. The largest absolute Gasteiger partial charge is 0.464 e. The molecule has 0 saturated carbocycles. The van der Waals surface area contributed by atoms with E-state index in [1.807, 2.05) is 50.2 Å². The molecule has 0 aliphatic carbocycles. The molecular weight excluding hydrogens is 400 g/mol. The zero-order valence-corrected chi connectivity index (χ0v) is 17.6. The van der Waals surface area contributed by atoms with E-state index in [9.17, 15) is 4.79 Å². The van der Waals surface area contributed by atoms with Crippen LogP contribution in [-0.4, -0.2) is 26.8 Å². The molecule has 2 aromatic heterocycles. The Bertz CT molecular complexity index is 1200. The van der Waals surface area contributed by atoms with Crippen LogP contribution in [0.25, 0.3) is 16.7 Å². The lowest BCUT2D eigenvalue weighted by molar-refractivity contribution is -0.122. The number of carbonyl (C=O) groups excluding carboxylic acids is 1. The van der Waals surface area contributed by atoms with Crippen molar-refractivity contribution in [1.82, 2.24) is 14.8 Å². The Balaban J connectivity index is 1.61. The van der Waals surface area contributed by atoms with Gasteiger partial charge in [-0.3, -0.25) is 4.79 Å². The van der Waals surface area contributed by atoms with Crippen molar-refractivity contribution in [3.05, 3.63) is 76.9 Å². The van der Waals surface area contributed by atoms with Crippen molar-refractivity contribution >= 4 is 34.2 Å². The van der Waals surface area contributed by atoms with E-state index < -0.39 is 6.10 Å². The Kier molecular flexibility index (Phi) is 5.42. The number of nitrogens with zero attached hydrogens (tertiary/aromatic N) is 3. The molecule has 4 aromatic rings. The van der Waals surface area contributed by atoms with E-state index in [2.05, 4.69) is 15.4 Å². The van der Waals surface area contributed by atoms with Crippen LogP contribution in [0.1, 0.15) is 18.2 Å². The number of rotatable bonds is 5. The molecule has 0 spiro atoms. The van der Waals surface area contributed by atoms with Gasteiger partial charge in [-0.25, -0.2) is 4.68 Å².